The van der Waals surface area contributed by atoms with Gasteiger partial charge in [-0.25, -0.2) is 0 Å². The van der Waals surface area contributed by atoms with Crippen molar-refractivity contribution in [2.24, 2.45) is 0 Å². The van der Waals surface area contributed by atoms with Crippen LogP contribution in [0.5, 0.6) is 0 Å². The van der Waals surface area contributed by atoms with Crippen LogP contribution in [0.15, 0.2) is 0 Å². The summed E-state index contributed by atoms with van der Waals surface area (Å²) in [6.07, 6.45) is -5.81. The third kappa shape index (κ3) is 1.98. The van der Waals surface area contributed by atoms with Gasteiger partial charge in [0.25, 0.3) is 0 Å². The molecule has 0 aromatic heterocycles. The highest BCUT2D eigenvalue weighted by Gasteiger charge is 2.43. The van der Waals surface area contributed by atoms with E-state index in [1.165, 1.54) is 7.11 Å². The predicted molar refractivity (Wildman–Crippen MR) is 40.8 cm³/mol. The first-order valence-electron chi connectivity index (χ1n) is 3.95. The molecule has 1 aliphatic rings. The summed E-state index contributed by atoms with van der Waals surface area (Å²) in [5.74, 6) is 0. The van der Waals surface area contributed by atoms with Gasteiger partial charge in [0.15, 0.2) is 6.29 Å². The van der Waals surface area contributed by atoms with Crippen LogP contribution in [0.25, 0.3) is 0 Å². The van der Waals surface area contributed by atoms with Crippen LogP contribution in [0.2, 0.25) is 0 Å². The van der Waals surface area contributed by atoms with E-state index < -0.39 is 30.7 Å². The third-order valence-corrected chi connectivity index (χ3v) is 2.11. The highest BCUT2D eigenvalue weighted by Crippen LogP contribution is 2.21. The van der Waals surface area contributed by atoms with E-state index in [-0.39, 0.29) is 6.61 Å². The Kier molecular flexibility index (Phi) is 3.60. The van der Waals surface area contributed by atoms with E-state index in [1.54, 1.807) is 0 Å². The summed E-state index contributed by atoms with van der Waals surface area (Å²) in [4.78, 5) is 0. The minimum Gasteiger partial charge on any atom is -0.394 e. The van der Waals surface area contributed by atoms with Crippen molar-refractivity contribution in [3.05, 3.63) is 0 Å². The molecule has 1 rings (SSSR count). The molecule has 13 heavy (non-hydrogen) atoms. The fourth-order valence-electron chi connectivity index (χ4n) is 1.36. The molecular formula is C7H14O6. The van der Waals surface area contributed by atoms with Crippen molar-refractivity contribution in [1.82, 2.24) is 0 Å². The van der Waals surface area contributed by atoms with Crippen molar-refractivity contribution in [1.29, 1.82) is 0 Å². The second-order valence-corrected chi connectivity index (χ2v) is 2.93. The molecule has 0 aromatic rings. The van der Waals surface area contributed by atoms with Gasteiger partial charge in [-0.1, -0.05) is 0 Å². The highest BCUT2D eigenvalue weighted by molar-refractivity contribution is 4.89. The Hall–Kier alpha value is -0.240. The summed E-state index contributed by atoms with van der Waals surface area (Å²) in [6, 6.07) is 0. The first-order valence-corrected chi connectivity index (χ1v) is 3.95. The van der Waals surface area contributed by atoms with Crippen molar-refractivity contribution >= 4 is 0 Å². The topological polar surface area (TPSA) is 99.4 Å². The molecule has 0 bridgehead atoms. The highest BCUT2D eigenvalue weighted by atomic mass is 16.6. The van der Waals surface area contributed by atoms with Gasteiger partial charge in [0.2, 0.25) is 0 Å². The average Bonchev–Trinajstić information content (AvgIpc) is 2.13. The molecule has 1 fully saturated rings. The zero-order chi connectivity index (χ0) is 10.0. The van der Waals surface area contributed by atoms with Gasteiger partial charge in [-0.15, -0.1) is 0 Å². The Morgan fingerprint density at radius 1 is 1.23 bits per heavy atom. The third-order valence-electron chi connectivity index (χ3n) is 2.11. The maximum absolute atomic E-state index is 9.38. The molecule has 4 N–H and O–H groups in total. The first kappa shape index (κ1) is 10.8. The van der Waals surface area contributed by atoms with E-state index in [9.17, 15) is 10.2 Å². The van der Waals surface area contributed by atoms with E-state index >= 15 is 0 Å². The predicted octanol–water partition coefficient (Wildman–Crippen LogP) is -2.57. The molecular weight excluding hydrogens is 180 g/mol. The Bertz CT molecular complexity index is 161. The number of hydrogen-bond acceptors (Lipinski definition) is 6. The van der Waals surface area contributed by atoms with Gasteiger partial charge in [0.1, 0.15) is 24.4 Å². The lowest BCUT2D eigenvalue weighted by molar-refractivity contribution is -0.290. The van der Waals surface area contributed by atoms with Crippen LogP contribution in [0.1, 0.15) is 0 Å². The van der Waals surface area contributed by atoms with Gasteiger partial charge in [-0.3, -0.25) is 0 Å². The van der Waals surface area contributed by atoms with Gasteiger partial charge in [-0.05, 0) is 0 Å². The molecule has 0 radical (unpaired) electrons. The molecule has 0 saturated carbocycles. The van der Waals surface area contributed by atoms with E-state index in [1.807, 2.05) is 0 Å². The van der Waals surface area contributed by atoms with Crippen LogP contribution in [0.4, 0.5) is 0 Å². The first-order chi connectivity index (χ1) is 6.11. The second kappa shape index (κ2) is 4.32. The molecule has 1 heterocycles. The van der Waals surface area contributed by atoms with Crippen molar-refractivity contribution < 1.29 is 29.9 Å². The van der Waals surface area contributed by atoms with Crippen LogP contribution in [-0.4, -0.2) is 64.8 Å². The minimum atomic E-state index is -1.49. The fourth-order valence-corrected chi connectivity index (χ4v) is 1.36. The molecule has 78 valence electrons. The average molecular weight is 194 g/mol. The van der Waals surface area contributed by atoms with E-state index in [2.05, 4.69) is 0 Å². The van der Waals surface area contributed by atoms with E-state index in [0.717, 1.165) is 0 Å². The van der Waals surface area contributed by atoms with Gasteiger partial charge >= 0.3 is 0 Å². The molecule has 6 nitrogen and oxygen atoms in total. The van der Waals surface area contributed by atoms with Gasteiger partial charge < -0.3 is 29.9 Å². The molecule has 2 unspecified atom stereocenters. The molecule has 6 heteroatoms. The quantitative estimate of drug-likeness (QED) is 0.386. The standard InChI is InChI=1S/C7H14O6/c1-12-6-3(2-8)13-7(11)5(10)4(6)9/h3-11H,2H2,1H3/t3?,4-,5?,6-,7+/m1/s1. The van der Waals surface area contributed by atoms with E-state index in [4.69, 9.17) is 19.7 Å². The van der Waals surface area contributed by atoms with Gasteiger partial charge in [-0.2, -0.15) is 0 Å². The Labute approximate surface area is 75.3 Å². The summed E-state index contributed by atoms with van der Waals surface area (Å²) < 4.78 is 9.61. The number of aliphatic hydroxyl groups is 4. The van der Waals surface area contributed by atoms with Crippen molar-refractivity contribution in [2.75, 3.05) is 13.7 Å². The molecule has 0 aromatic carbocycles. The van der Waals surface area contributed by atoms with Crippen LogP contribution < -0.4 is 0 Å². The number of hydrogen-bond donors (Lipinski definition) is 4. The van der Waals surface area contributed by atoms with E-state index in [0.29, 0.717) is 0 Å². The van der Waals surface area contributed by atoms with Crippen molar-refractivity contribution in [3.8, 4) is 0 Å². The molecule has 1 aliphatic heterocycles. The Morgan fingerprint density at radius 2 is 1.85 bits per heavy atom. The van der Waals surface area contributed by atoms with Crippen LogP contribution in [0.3, 0.4) is 0 Å². The molecule has 0 spiro atoms. The molecule has 5 atom stereocenters. The molecule has 1 saturated heterocycles. The molecule has 0 amide bonds. The smallest absolute Gasteiger partial charge is 0.184 e. The van der Waals surface area contributed by atoms with Gasteiger partial charge in [0.05, 0.1) is 6.61 Å². The summed E-state index contributed by atoms with van der Waals surface area (Å²) in [7, 11) is 1.32. The molecule has 0 aliphatic carbocycles. The number of methoxy groups -OCH3 is 1. The lowest BCUT2D eigenvalue weighted by atomic mass is 9.99. The SMILES string of the molecule is CO[C@@H]1C(CO)O[C@H](O)C(O)[C@H]1O. The summed E-state index contributed by atoms with van der Waals surface area (Å²) in [6.45, 7) is -0.390. The van der Waals surface area contributed by atoms with Crippen molar-refractivity contribution in [2.45, 2.75) is 30.7 Å². The van der Waals surface area contributed by atoms with Gasteiger partial charge in [0, 0.05) is 7.11 Å². The normalized spacial score (nSPS) is 46.4. The number of aliphatic hydroxyl groups excluding tert-OH is 4. The number of rotatable bonds is 2. The lowest BCUT2D eigenvalue weighted by Gasteiger charge is -2.39. The van der Waals surface area contributed by atoms with Crippen LogP contribution in [0, 0.1) is 0 Å². The lowest BCUT2D eigenvalue weighted by Crippen LogP contribution is -2.59. The zero-order valence-electron chi connectivity index (χ0n) is 7.20. The summed E-state index contributed by atoms with van der Waals surface area (Å²) in [5.41, 5.74) is 0. The Morgan fingerprint density at radius 3 is 2.31 bits per heavy atom. The fraction of sp³-hybridized carbons (Fsp3) is 1.00. The second-order valence-electron chi connectivity index (χ2n) is 2.93. The monoisotopic (exact) mass is 194 g/mol. The largest absolute Gasteiger partial charge is 0.394 e. The maximum atomic E-state index is 9.38. The summed E-state index contributed by atoms with van der Waals surface area (Å²) in [5, 5.41) is 36.4. The minimum absolute atomic E-state index is 0.390. The maximum Gasteiger partial charge on any atom is 0.184 e. The van der Waals surface area contributed by atoms with Crippen LogP contribution >= 0.6 is 0 Å². The van der Waals surface area contributed by atoms with Crippen molar-refractivity contribution in [3.63, 3.8) is 0 Å². The summed E-state index contributed by atoms with van der Waals surface area (Å²) >= 11 is 0. The Balaban J connectivity index is 2.69. The number of ether oxygens (including phenoxy) is 2. The zero-order valence-corrected chi connectivity index (χ0v) is 7.20. The van der Waals surface area contributed by atoms with Crippen LogP contribution in [-0.2, 0) is 9.47 Å².